The molecule has 1 N–H and O–H groups in total. The highest BCUT2D eigenvalue weighted by Crippen LogP contribution is 2.28. The van der Waals surface area contributed by atoms with Crippen LogP contribution in [0.1, 0.15) is 38.6 Å². The van der Waals surface area contributed by atoms with Gasteiger partial charge in [-0.25, -0.2) is 4.98 Å². The molecule has 1 aliphatic heterocycles. The number of thiophene rings is 1. The Kier molecular flexibility index (Phi) is 5.02. The number of rotatable bonds is 5. The van der Waals surface area contributed by atoms with E-state index in [0.29, 0.717) is 23.4 Å². The third-order valence-corrected chi connectivity index (χ3v) is 5.46. The van der Waals surface area contributed by atoms with E-state index in [1.165, 1.54) is 6.39 Å². The van der Waals surface area contributed by atoms with Crippen molar-refractivity contribution < 1.29 is 14.0 Å². The van der Waals surface area contributed by atoms with Crippen LogP contribution in [0, 0.1) is 0 Å². The maximum Gasteiger partial charge on any atom is 0.274 e. The molecule has 0 aliphatic carbocycles. The number of nitrogens with one attached hydrogen (secondary N) is 1. The highest BCUT2D eigenvalue weighted by molar-refractivity contribution is 7.09. The summed E-state index contributed by atoms with van der Waals surface area (Å²) in [5.74, 6) is -0.0400. The average molecular weight is 381 g/mol. The Labute approximate surface area is 160 Å². The van der Waals surface area contributed by atoms with Gasteiger partial charge in [-0.2, -0.15) is 0 Å². The van der Waals surface area contributed by atoms with Gasteiger partial charge in [-0.05, 0) is 30.4 Å². The van der Waals surface area contributed by atoms with E-state index < -0.39 is 0 Å². The van der Waals surface area contributed by atoms with Gasteiger partial charge in [-0.3, -0.25) is 9.59 Å². The molecule has 1 saturated heterocycles. The van der Waals surface area contributed by atoms with E-state index in [1.807, 2.05) is 34.5 Å². The first-order chi connectivity index (χ1) is 13.2. The molecule has 2 amide bonds. The van der Waals surface area contributed by atoms with Crippen LogP contribution in [0.25, 0.3) is 11.3 Å². The molecule has 0 bridgehead atoms. The van der Waals surface area contributed by atoms with Crippen molar-refractivity contribution in [1.82, 2.24) is 15.2 Å². The van der Waals surface area contributed by atoms with Crippen LogP contribution in [-0.4, -0.2) is 34.8 Å². The first-order valence-electron chi connectivity index (χ1n) is 8.87. The van der Waals surface area contributed by atoms with Gasteiger partial charge in [-0.1, -0.05) is 24.3 Å². The molecule has 6 nitrogen and oxygen atoms in total. The topological polar surface area (TPSA) is 75.4 Å². The Morgan fingerprint density at radius 2 is 1.96 bits per heavy atom. The normalized spacial score (nSPS) is 13.7. The molecule has 3 heterocycles. The Bertz CT molecular complexity index is 943. The highest BCUT2D eigenvalue weighted by atomic mass is 32.1. The molecular weight excluding hydrogens is 362 g/mol. The summed E-state index contributed by atoms with van der Waals surface area (Å²) < 4.78 is 5.52. The zero-order chi connectivity index (χ0) is 18.6. The van der Waals surface area contributed by atoms with Crippen LogP contribution in [0.4, 0.5) is 0 Å². The minimum Gasteiger partial charge on any atom is -0.443 e. The Balaban J connectivity index is 1.60. The molecule has 4 rings (SSSR count). The number of likely N-dealkylation sites (tertiary alicyclic amines) is 1. The van der Waals surface area contributed by atoms with Crippen molar-refractivity contribution in [3.63, 3.8) is 0 Å². The number of carbonyl (C=O) groups excluding carboxylic acids is 2. The zero-order valence-electron chi connectivity index (χ0n) is 14.7. The first-order valence-corrected chi connectivity index (χ1v) is 9.75. The zero-order valence-corrected chi connectivity index (χ0v) is 15.5. The van der Waals surface area contributed by atoms with E-state index in [4.69, 9.17) is 4.42 Å². The molecular formula is C20H19N3O3S. The molecule has 138 valence electrons. The SMILES string of the molecule is O=C(NCc1cccs1)c1ncoc1-c1ccccc1C(=O)N1CCCC1. The largest absolute Gasteiger partial charge is 0.443 e. The standard InChI is InChI=1S/C20H19N3O3S/c24-19(21-12-14-6-5-11-27-14)17-18(26-13-22-17)15-7-1-2-8-16(15)20(25)23-9-3-4-10-23/h1-2,5-8,11,13H,3-4,9-10,12H2,(H,21,24). The van der Waals surface area contributed by atoms with Crippen molar-refractivity contribution in [2.75, 3.05) is 13.1 Å². The average Bonchev–Trinajstić information content (AvgIpc) is 3.47. The van der Waals surface area contributed by atoms with Gasteiger partial charge in [0.15, 0.2) is 17.8 Å². The van der Waals surface area contributed by atoms with Gasteiger partial charge >= 0.3 is 0 Å². The fourth-order valence-corrected chi connectivity index (χ4v) is 3.87. The van der Waals surface area contributed by atoms with Crippen molar-refractivity contribution in [2.45, 2.75) is 19.4 Å². The summed E-state index contributed by atoms with van der Waals surface area (Å²) in [6, 6.07) is 11.1. The van der Waals surface area contributed by atoms with Crippen LogP contribution >= 0.6 is 11.3 Å². The minimum atomic E-state index is -0.324. The van der Waals surface area contributed by atoms with Crippen LogP contribution < -0.4 is 5.32 Å². The molecule has 3 aromatic rings. The summed E-state index contributed by atoms with van der Waals surface area (Å²) in [6.07, 6.45) is 3.28. The third kappa shape index (κ3) is 3.64. The summed E-state index contributed by atoms with van der Waals surface area (Å²) in [6.45, 7) is 1.95. The maximum atomic E-state index is 12.9. The Hall–Kier alpha value is -2.93. The number of hydrogen-bond acceptors (Lipinski definition) is 5. The van der Waals surface area contributed by atoms with Crippen molar-refractivity contribution in [1.29, 1.82) is 0 Å². The summed E-state index contributed by atoms with van der Waals surface area (Å²) in [7, 11) is 0. The second kappa shape index (κ2) is 7.75. The lowest BCUT2D eigenvalue weighted by atomic mass is 10.0. The number of amides is 2. The van der Waals surface area contributed by atoms with Crippen LogP contribution in [0.5, 0.6) is 0 Å². The second-order valence-electron chi connectivity index (χ2n) is 6.34. The van der Waals surface area contributed by atoms with E-state index in [1.54, 1.807) is 23.5 Å². The lowest BCUT2D eigenvalue weighted by molar-refractivity contribution is 0.0792. The van der Waals surface area contributed by atoms with Gasteiger partial charge in [0.2, 0.25) is 0 Å². The number of aromatic nitrogens is 1. The molecule has 0 spiro atoms. The smallest absolute Gasteiger partial charge is 0.274 e. The van der Waals surface area contributed by atoms with Gasteiger partial charge in [0.05, 0.1) is 12.1 Å². The summed E-state index contributed by atoms with van der Waals surface area (Å²) >= 11 is 1.57. The van der Waals surface area contributed by atoms with Gasteiger partial charge in [0.25, 0.3) is 11.8 Å². The first kappa shape index (κ1) is 17.5. The lowest BCUT2D eigenvalue weighted by Gasteiger charge is -2.17. The predicted octanol–water partition coefficient (Wildman–Crippen LogP) is 3.57. The van der Waals surface area contributed by atoms with Crippen LogP contribution in [0.15, 0.2) is 52.6 Å². The summed E-state index contributed by atoms with van der Waals surface area (Å²) in [4.78, 5) is 32.5. The van der Waals surface area contributed by atoms with Gasteiger partial charge in [0, 0.05) is 23.5 Å². The van der Waals surface area contributed by atoms with Gasteiger partial charge < -0.3 is 14.6 Å². The molecule has 0 saturated carbocycles. The van der Waals surface area contributed by atoms with E-state index >= 15 is 0 Å². The van der Waals surface area contributed by atoms with E-state index in [9.17, 15) is 9.59 Å². The monoisotopic (exact) mass is 381 g/mol. The molecule has 0 unspecified atom stereocenters. The highest BCUT2D eigenvalue weighted by Gasteiger charge is 2.26. The van der Waals surface area contributed by atoms with E-state index in [-0.39, 0.29) is 17.5 Å². The maximum absolute atomic E-state index is 12.9. The van der Waals surface area contributed by atoms with Crippen LogP contribution in [-0.2, 0) is 6.54 Å². The van der Waals surface area contributed by atoms with E-state index in [2.05, 4.69) is 10.3 Å². The van der Waals surface area contributed by atoms with Gasteiger partial charge in [-0.15, -0.1) is 11.3 Å². The molecule has 0 radical (unpaired) electrons. The quantitative estimate of drug-likeness (QED) is 0.733. The Morgan fingerprint density at radius 3 is 2.74 bits per heavy atom. The Morgan fingerprint density at radius 1 is 1.15 bits per heavy atom. The number of carbonyl (C=O) groups is 2. The summed E-state index contributed by atoms with van der Waals surface area (Å²) in [5, 5.41) is 4.82. The van der Waals surface area contributed by atoms with Crippen LogP contribution in [0.2, 0.25) is 0 Å². The van der Waals surface area contributed by atoms with Crippen molar-refractivity contribution in [3.8, 4) is 11.3 Å². The molecule has 7 heteroatoms. The number of oxazole rings is 1. The second-order valence-corrected chi connectivity index (χ2v) is 7.37. The number of hydrogen-bond donors (Lipinski definition) is 1. The lowest BCUT2D eigenvalue weighted by Crippen LogP contribution is -2.28. The van der Waals surface area contributed by atoms with Crippen molar-refractivity contribution >= 4 is 23.2 Å². The number of benzene rings is 1. The van der Waals surface area contributed by atoms with Gasteiger partial charge in [0.1, 0.15) is 0 Å². The molecule has 27 heavy (non-hydrogen) atoms. The fourth-order valence-electron chi connectivity index (χ4n) is 3.22. The molecule has 0 atom stereocenters. The number of nitrogens with zero attached hydrogens (tertiary/aromatic N) is 2. The molecule has 1 fully saturated rings. The van der Waals surface area contributed by atoms with Crippen LogP contribution in [0.3, 0.4) is 0 Å². The van der Waals surface area contributed by atoms with E-state index in [0.717, 1.165) is 30.8 Å². The van der Waals surface area contributed by atoms with Crippen molar-refractivity contribution in [2.24, 2.45) is 0 Å². The van der Waals surface area contributed by atoms with Crippen molar-refractivity contribution in [3.05, 3.63) is 64.3 Å². The predicted molar refractivity (Wildman–Crippen MR) is 103 cm³/mol. The molecule has 1 aliphatic rings. The minimum absolute atomic E-state index is 0.0376. The summed E-state index contributed by atoms with van der Waals surface area (Å²) in [5.41, 5.74) is 1.31. The molecule has 2 aromatic heterocycles. The molecule has 1 aromatic carbocycles. The fraction of sp³-hybridized carbons (Fsp3) is 0.250. The third-order valence-electron chi connectivity index (χ3n) is 4.58.